The van der Waals surface area contributed by atoms with Crippen molar-refractivity contribution < 1.29 is 4.79 Å². The van der Waals surface area contributed by atoms with Crippen LogP contribution < -0.4 is 5.56 Å². The Bertz CT molecular complexity index is 793. The van der Waals surface area contributed by atoms with Crippen molar-refractivity contribution in [2.75, 3.05) is 6.54 Å². The number of likely N-dealkylation sites (tertiary alicyclic amines) is 1. The maximum atomic E-state index is 12.7. The summed E-state index contributed by atoms with van der Waals surface area (Å²) in [7, 11) is 0. The Hall–Kier alpha value is -2.50. The summed E-state index contributed by atoms with van der Waals surface area (Å²) in [6.07, 6.45) is 3.38. The summed E-state index contributed by atoms with van der Waals surface area (Å²) in [5, 5.41) is 0. The predicted molar refractivity (Wildman–Crippen MR) is 91.2 cm³/mol. The minimum absolute atomic E-state index is 0.0795. The molecule has 126 valence electrons. The van der Waals surface area contributed by atoms with E-state index in [9.17, 15) is 9.59 Å². The highest BCUT2D eigenvalue weighted by Gasteiger charge is 2.37. The zero-order chi connectivity index (χ0) is 17.3. The molecule has 0 radical (unpaired) electrons. The van der Waals surface area contributed by atoms with E-state index in [2.05, 4.69) is 15.0 Å². The molecule has 3 heterocycles. The van der Waals surface area contributed by atoms with E-state index in [1.54, 1.807) is 6.20 Å². The van der Waals surface area contributed by atoms with Gasteiger partial charge >= 0.3 is 0 Å². The molecular formula is C18H22N4O2. The van der Waals surface area contributed by atoms with Crippen LogP contribution >= 0.6 is 0 Å². The zero-order valence-corrected chi connectivity index (χ0v) is 14.2. The lowest BCUT2D eigenvalue weighted by Crippen LogP contribution is -2.39. The number of H-pyrrole nitrogens is 1. The van der Waals surface area contributed by atoms with Gasteiger partial charge in [-0.25, -0.2) is 4.98 Å². The molecule has 6 heteroatoms. The van der Waals surface area contributed by atoms with Gasteiger partial charge in [-0.2, -0.15) is 0 Å². The number of rotatable bonds is 2. The van der Waals surface area contributed by atoms with E-state index in [1.165, 1.54) is 6.07 Å². The van der Waals surface area contributed by atoms with Crippen LogP contribution in [0, 0.1) is 5.41 Å². The summed E-state index contributed by atoms with van der Waals surface area (Å²) < 4.78 is 0. The maximum absolute atomic E-state index is 12.7. The van der Waals surface area contributed by atoms with Gasteiger partial charge in [0.05, 0.1) is 17.4 Å². The fourth-order valence-electron chi connectivity index (χ4n) is 3.00. The van der Waals surface area contributed by atoms with Crippen molar-refractivity contribution in [2.45, 2.75) is 39.7 Å². The smallest absolute Gasteiger partial charge is 0.251 e. The molecule has 0 saturated carbocycles. The van der Waals surface area contributed by atoms with Crippen LogP contribution in [0.5, 0.6) is 0 Å². The summed E-state index contributed by atoms with van der Waals surface area (Å²) >= 11 is 0. The lowest BCUT2D eigenvalue weighted by atomic mass is 9.94. The molecule has 1 amide bonds. The van der Waals surface area contributed by atoms with Gasteiger partial charge in [-0.05, 0) is 25.0 Å². The number of pyridine rings is 1. The summed E-state index contributed by atoms with van der Waals surface area (Å²) in [6, 6.07) is 6.75. The molecule has 1 fully saturated rings. The molecule has 0 unspecified atom stereocenters. The molecule has 3 rings (SSSR count). The van der Waals surface area contributed by atoms with E-state index in [4.69, 9.17) is 0 Å². The van der Waals surface area contributed by atoms with Crippen LogP contribution in [0.15, 0.2) is 35.3 Å². The minimum Gasteiger partial charge on any atom is -0.332 e. The van der Waals surface area contributed by atoms with Gasteiger partial charge in [0.15, 0.2) is 0 Å². The van der Waals surface area contributed by atoms with Gasteiger partial charge in [0.2, 0.25) is 5.91 Å². The molecule has 24 heavy (non-hydrogen) atoms. The van der Waals surface area contributed by atoms with Crippen molar-refractivity contribution >= 4 is 5.91 Å². The number of hydrogen-bond acceptors (Lipinski definition) is 4. The number of carbonyl (C=O) groups excluding carboxylic acids is 1. The van der Waals surface area contributed by atoms with Crippen molar-refractivity contribution in [3.63, 3.8) is 0 Å². The number of carbonyl (C=O) groups is 1. The highest BCUT2D eigenvalue weighted by molar-refractivity contribution is 5.82. The first-order valence-electron chi connectivity index (χ1n) is 8.20. The Morgan fingerprint density at radius 1 is 1.29 bits per heavy atom. The first kappa shape index (κ1) is 16.4. The first-order valence-corrected chi connectivity index (χ1v) is 8.20. The average molecular weight is 326 g/mol. The van der Waals surface area contributed by atoms with Crippen molar-refractivity contribution in [3.05, 3.63) is 46.6 Å². The quantitative estimate of drug-likeness (QED) is 0.920. The van der Waals surface area contributed by atoms with Crippen molar-refractivity contribution in [3.8, 4) is 11.4 Å². The summed E-state index contributed by atoms with van der Waals surface area (Å²) in [6.45, 7) is 6.42. The fourth-order valence-corrected chi connectivity index (χ4v) is 3.00. The molecular weight excluding hydrogens is 304 g/mol. The number of nitrogens with zero attached hydrogens (tertiary/aromatic N) is 3. The third-order valence-electron chi connectivity index (χ3n) is 4.16. The highest BCUT2D eigenvalue weighted by atomic mass is 16.2. The molecule has 0 aromatic carbocycles. The lowest BCUT2D eigenvalue weighted by Gasteiger charge is -2.30. The van der Waals surface area contributed by atoms with E-state index in [0.717, 1.165) is 12.8 Å². The van der Waals surface area contributed by atoms with Crippen molar-refractivity contribution in [2.24, 2.45) is 5.41 Å². The third kappa shape index (κ3) is 3.22. The monoisotopic (exact) mass is 326 g/mol. The Balaban J connectivity index is 1.99. The van der Waals surface area contributed by atoms with Crippen LogP contribution in [0.2, 0.25) is 0 Å². The van der Waals surface area contributed by atoms with Crippen LogP contribution in [0.3, 0.4) is 0 Å². The average Bonchev–Trinajstić information content (AvgIpc) is 3.03. The molecule has 1 aliphatic rings. The maximum Gasteiger partial charge on any atom is 0.251 e. The van der Waals surface area contributed by atoms with Crippen LogP contribution in [0.4, 0.5) is 0 Å². The van der Waals surface area contributed by atoms with E-state index >= 15 is 0 Å². The molecule has 0 bridgehead atoms. The second-order valence-corrected chi connectivity index (χ2v) is 7.14. The minimum atomic E-state index is -0.457. The van der Waals surface area contributed by atoms with Gasteiger partial charge in [-0.1, -0.05) is 26.8 Å². The molecule has 1 aliphatic heterocycles. The van der Waals surface area contributed by atoms with Gasteiger partial charge in [-0.3, -0.25) is 14.6 Å². The zero-order valence-electron chi connectivity index (χ0n) is 14.2. The summed E-state index contributed by atoms with van der Waals surface area (Å²) in [5.74, 6) is 0.620. The molecule has 2 aromatic heterocycles. The number of aromatic amines is 1. The molecule has 1 atom stereocenters. The molecule has 0 spiro atoms. The molecule has 2 aromatic rings. The van der Waals surface area contributed by atoms with Crippen molar-refractivity contribution in [1.29, 1.82) is 0 Å². The number of nitrogens with one attached hydrogen (secondary N) is 1. The Labute approximate surface area is 141 Å². The molecule has 1 N–H and O–H groups in total. The predicted octanol–water partition coefficient (Wildman–Crippen LogP) is 2.54. The van der Waals surface area contributed by atoms with Gasteiger partial charge in [-0.15, -0.1) is 0 Å². The van der Waals surface area contributed by atoms with E-state index in [0.29, 0.717) is 23.8 Å². The number of aromatic nitrogens is 3. The normalized spacial score (nSPS) is 18.0. The highest BCUT2D eigenvalue weighted by Crippen LogP contribution is 2.33. The van der Waals surface area contributed by atoms with Gasteiger partial charge < -0.3 is 9.88 Å². The lowest BCUT2D eigenvalue weighted by molar-refractivity contribution is -0.140. The second-order valence-electron chi connectivity index (χ2n) is 7.14. The van der Waals surface area contributed by atoms with Crippen LogP contribution in [0.1, 0.15) is 45.5 Å². The Kier molecular flexibility index (Phi) is 4.22. The Morgan fingerprint density at radius 3 is 2.75 bits per heavy atom. The van der Waals surface area contributed by atoms with Crippen LogP contribution in [-0.4, -0.2) is 32.3 Å². The third-order valence-corrected chi connectivity index (χ3v) is 4.16. The first-order chi connectivity index (χ1) is 11.4. The SMILES string of the molecule is CC(C)(C)C(=O)N1CCC[C@H]1c1nc(-c2ccccn2)cc(=O)[nH]1. The van der Waals surface area contributed by atoms with Crippen molar-refractivity contribution in [1.82, 2.24) is 19.9 Å². The fraction of sp³-hybridized carbons (Fsp3) is 0.444. The van der Waals surface area contributed by atoms with E-state index in [-0.39, 0.29) is 17.5 Å². The topological polar surface area (TPSA) is 79.0 Å². The van der Waals surface area contributed by atoms with E-state index < -0.39 is 5.41 Å². The number of hydrogen-bond donors (Lipinski definition) is 1. The molecule has 1 saturated heterocycles. The van der Waals surface area contributed by atoms with Crippen LogP contribution in [0.25, 0.3) is 11.4 Å². The standard InChI is InChI=1S/C18H22N4O2/c1-18(2,3)17(24)22-10-6-8-14(22)16-20-13(11-15(23)21-16)12-7-4-5-9-19-12/h4-5,7,9,11,14H,6,8,10H2,1-3H3,(H,20,21,23)/t14-/m0/s1. The van der Waals surface area contributed by atoms with Gasteiger partial charge in [0.1, 0.15) is 5.82 Å². The number of amides is 1. The summed E-state index contributed by atoms with van der Waals surface area (Å²) in [5.41, 5.74) is 0.498. The largest absolute Gasteiger partial charge is 0.332 e. The van der Waals surface area contributed by atoms with Crippen LogP contribution in [-0.2, 0) is 4.79 Å². The van der Waals surface area contributed by atoms with E-state index in [1.807, 2.05) is 43.9 Å². The van der Waals surface area contributed by atoms with Gasteiger partial charge in [0.25, 0.3) is 5.56 Å². The van der Waals surface area contributed by atoms with Gasteiger partial charge in [0, 0.05) is 24.2 Å². The Morgan fingerprint density at radius 2 is 2.08 bits per heavy atom. The summed E-state index contributed by atoms with van der Waals surface area (Å²) in [4.78, 5) is 38.3. The molecule has 6 nitrogen and oxygen atoms in total. The molecule has 0 aliphatic carbocycles. The second kappa shape index (κ2) is 6.19.